The molecular weight excluding hydrogens is 435 g/mol. The van der Waals surface area contributed by atoms with Gasteiger partial charge >= 0.3 is 12.1 Å². The molecule has 0 atom stereocenters. The number of thiophene rings is 1. The fourth-order valence-corrected chi connectivity index (χ4v) is 3.53. The summed E-state index contributed by atoms with van der Waals surface area (Å²) in [4.78, 5) is 23.6. The van der Waals surface area contributed by atoms with Crippen LogP contribution < -0.4 is 9.64 Å². The van der Waals surface area contributed by atoms with Crippen LogP contribution in [0.2, 0.25) is 0 Å². The number of aromatic nitrogens is 6. The van der Waals surface area contributed by atoms with Crippen molar-refractivity contribution in [3.05, 3.63) is 53.4 Å². The van der Waals surface area contributed by atoms with Gasteiger partial charge in [0.2, 0.25) is 11.7 Å². The van der Waals surface area contributed by atoms with E-state index in [9.17, 15) is 13.2 Å². The molecule has 0 saturated carbocycles. The van der Waals surface area contributed by atoms with Gasteiger partial charge in [-0.15, -0.1) is 11.3 Å². The van der Waals surface area contributed by atoms with Gasteiger partial charge in [0.1, 0.15) is 0 Å². The van der Waals surface area contributed by atoms with Crippen LogP contribution in [0.3, 0.4) is 0 Å². The minimum absolute atomic E-state index is 0.133. The van der Waals surface area contributed by atoms with Crippen LogP contribution in [0.5, 0.6) is 5.88 Å². The van der Waals surface area contributed by atoms with E-state index < -0.39 is 12.1 Å². The first-order valence-corrected chi connectivity index (χ1v) is 9.57. The molecular formula is C18H14F3N7O2S. The van der Waals surface area contributed by atoms with E-state index in [0.717, 1.165) is 4.88 Å². The number of halogens is 3. The van der Waals surface area contributed by atoms with Gasteiger partial charge in [-0.2, -0.15) is 23.1 Å². The first-order valence-electron chi connectivity index (χ1n) is 8.75. The summed E-state index contributed by atoms with van der Waals surface area (Å²) < 4.78 is 47.7. The second-order valence-corrected chi connectivity index (χ2v) is 7.38. The highest BCUT2D eigenvalue weighted by molar-refractivity contribution is 7.15. The number of hydrogen-bond acceptors (Lipinski definition) is 10. The number of ether oxygens (including phenoxy) is 1. The quantitative estimate of drug-likeness (QED) is 0.431. The Balaban J connectivity index is 1.65. The van der Waals surface area contributed by atoms with Crippen molar-refractivity contribution in [1.29, 1.82) is 0 Å². The van der Waals surface area contributed by atoms with Crippen LogP contribution in [0.25, 0.3) is 10.7 Å². The maximum absolute atomic E-state index is 12.7. The predicted octanol–water partition coefficient (Wildman–Crippen LogP) is 4.05. The fraction of sp³-hybridized carbons (Fsp3) is 0.222. The van der Waals surface area contributed by atoms with Gasteiger partial charge < -0.3 is 14.2 Å². The third-order valence-corrected chi connectivity index (χ3v) is 5.03. The minimum atomic E-state index is -4.70. The molecule has 4 aromatic heterocycles. The summed E-state index contributed by atoms with van der Waals surface area (Å²) in [5, 5.41) is 3.43. The molecule has 0 radical (unpaired) electrons. The van der Waals surface area contributed by atoms with Crippen LogP contribution in [-0.4, -0.2) is 37.2 Å². The maximum Gasteiger partial charge on any atom is 0.471 e. The molecule has 0 aromatic carbocycles. The van der Waals surface area contributed by atoms with Gasteiger partial charge in [0.05, 0.1) is 42.8 Å². The molecule has 4 aromatic rings. The largest absolute Gasteiger partial charge is 0.480 e. The summed E-state index contributed by atoms with van der Waals surface area (Å²) in [5.41, 5.74) is 0.705. The Kier molecular flexibility index (Phi) is 5.50. The summed E-state index contributed by atoms with van der Waals surface area (Å²) in [6, 6.07) is 3.38. The highest BCUT2D eigenvalue weighted by Gasteiger charge is 2.38. The Morgan fingerprint density at radius 1 is 1.03 bits per heavy atom. The lowest BCUT2D eigenvalue weighted by atomic mass is 10.3. The van der Waals surface area contributed by atoms with Gasteiger partial charge in [0.15, 0.2) is 11.6 Å². The molecule has 9 nitrogen and oxygen atoms in total. The molecule has 4 rings (SSSR count). The summed E-state index contributed by atoms with van der Waals surface area (Å²) in [6.45, 7) is 2.11. The van der Waals surface area contributed by atoms with Crippen LogP contribution in [0.15, 0.2) is 41.4 Å². The van der Waals surface area contributed by atoms with Gasteiger partial charge in [-0.3, -0.25) is 9.97 Å². The van der Waals surface area contributed by atoms with E-state index in [4.69, 9.17) is 4.74 Å². The normalized spacial score (nSPS) is 11.5. The van der Waals surface area contributed by atoms with Gasteiger partial charge in [0, 0.05) is 11.1 Å². The zero-order valence-corrected chi connectivity index (χ0v) is 17.0. The smallest absolute Gasteiger partial charge is 0.471 e. The highest BCUT2D eigenvalue weighted by atomic mass is 32.1. The molecule has 0 spiro atoms. The molecule has 0 N–H and O–H groups in total. The average molecular weight is 449 g/mol. The Hall–Kier alpha value is -3.61. The monoisotopic (exact) mass is 449 g/mol. The average Bonchev–Trinajstić information content (AvgIpc) is 3.41. The number of rotatable bonds is 6. The van der Waals surface area contributed by atoms with E-state index >= 15 is 0 Å². The minimum Gasteiger partial charge on any atom is -0.480 e. The van der Waals surface area contributed by atoms with Crippen molar-refractivity contribution in [3.8, 4) is 16.6 Å². The number of nitrogens with zero attached hydrogens (tertiary/aromatic N) is 7. The molecule has 160 valence electrons. The lowest BCUT2D eigenvalue weighted by Gasteiger charge is -2.22. The first-order chi connectivity index (χ1) is 14.8. The summed E-state index contributed by atoms with van der Waals surface area (Å²) in [6.07, 6.45) is 1.53. The van der Waals surface area contributed by atoms with Gasteiger partial charge in [-0.25, -0.2) is 4.98 Å². The van der Waals surface area contributed by atoms with Crippen molar-refractivity contribution in [2.45, 2.75) is 19.6 Å². The van der Waals surface area contributed by atoms with Crippen molar-refractivity contribution in [2.75, 3.05) is 12.0 Å². The Morgan fingerprint density at radius 2 is 1.77 bits per heavy atom. The van der Waals surface area contributed by atoms with Crippen LogP contribution in [0, 0.1) is 6.92 Å². The molecule has 4 heterocycles. The standard InChI is InChI=1S/C18H14F3N7O2S/c1-10-5-22-6-13(24-10)28(14-7-23-8-15(25-14)29-2)9-11-3-4-12(31-11)16-26-17(30-27-16)18(19,20)21/h3-8H,9H2,1-2H3. The van der Waals surface area contributed by atoms with Crippen molar-refractivity contribution >= 4 is 23.0 Å². The van der Waals surface area contributed by atoms with Gasteiger partial charge in [0.25, 0.3) is 0 Å². The summed E-state index contributed by atoms with van der Waals surface area (Å²) in [7, 11) is 1.48. The van der Waals surface area contributed by atoms with E-state index in [0.29, 0.717) is 34.6 Å². The molecule has 0 amide bonds. The third kappa shape index (κ3) is 4.60. The van der Waals surface area contributed by atoms with Crippen LogP contribution in [-0.2, 0) is 12.7 Å². The van der Waals surface area contributed by atoms with E-state index in [1.54, 1.807) is 35.6 Å². The number of anilines is 2. The molecule has 31 heavy (non-hydrogen) atoms. The molecule has 0 unspecified atom stereocenters. The van der Waals surface area contributed by atoms with Crippen molar-refractivity contribution in [1.82, 2.24) is 30.1 Å². The molecule has 0 bridgehead atoms. The van der Waals surface area contributed by atoms with Crippen molar-refractivity contribution in [3.63, 3.8) is 0 Å². The molecule has 13 heteroatoms. The van der Waals surface area contributed by atoms with E-state index in [2.05, 4.69) is 34.6 Å². The SMILES string of the molecule is COc1cncc(N(Cc2ccc(-c3noc(C(F)(F)F)n3)s2)c2cncc(C)n2)n1. The number of aryl methyl sites for hydroxylation is 1. The van der Waals surface area contributed by atoms with E-state index in [1.807, 2.05) is 6.92 Å². The zero-order valence-electron chi connectivity index (χ0n) is 16.2. The van der Waals surface area contributed by atoms with Gasteiger partial charge in [-0.1, -0.05) is 5.16 Å². The molecule has 0 saturated heterocycles. The van der Waals surface area contributed by atoms with Crippen molar-refractivity contribution < 1.29 is 22.4 Å². The highest BCUT2D eigenvalue weighted by Crippen LogP contribution is 2.33. The van der Waals surface area contributed by atoms with Crippen LogP contribution in [0.1, 0.15) is 16.5 Å². The van der Waals surface area contributed by atoms with Crippen LogP contribution >= 0.6 is 11.3 Å². The molecule has 0 aliphatic rings. The zero-order chi connectivity index (χ0) is 22.0. The fourth-order valence-electron chi connectivity index (χ4n) is 2.60. The molecule has 0 aliphatic carbocycles. The third-order valence-electron chi connectivity index (χ3n) is 3.97. The predicted molar refractivity (Wildman–Crippen MR) is 104 cm³/mol. The Morgan fingerprint density at radius 3 is 2.45 bits per heavy atom. The molecule has 0 aliphatic heterocycles. The lowest BCUT2D eigenvalue weighted by molar-refractivity contribution is -0.159. The Bertz CT molecular complexity index is 1190. The van der Waals surface area contributed by atoms with Crippen molar-refractivity contribution in [2.24, 2.45) is 0 Å². The summed E-state index contributed by atoms with van der Waals surface area (Å²) in [5.74, 6) is -0.210. The number of methoxy groups -OCH3 is 1. The molecule has 0 fully saturated rings. The second-order valence-electron chi connectivity index (χ2n) is 6.21. The Labute approximate surface area is 177 Å². The van der Waals surface area contributed by atoms with E-state index in [1.165, 1.54) is 24.6 Å². The van der Waals surface area contributed by atoms with E-state index in [-0.39, 0.29) is 5.82 Å². The summed E-state index contributed by atoms with van der Waals surface area (Å²) >= 11 is 1.22. The lowest BCUT2D eigenvalue weighted by Crippen LogP contribution is -2.19. The van der Waals surface area contributed by atoms with Crippen LogP contribution in [0.4, 0.5) is 24.8 Å². The van der Waals surface area contributed by atoms with Gasteiger partial charge in [-0.05, 0) is 19.1 Å². The number of hydrogen-bond donors (Lipinski definition) is 0. The maximum atomic E-state index is 12.7. The topological polar surface area (TPSA) is 103 Å². The second kappa shape index (κ2) is 8.26. The number of alkyl halides is 3. The first kappa shape index (κ1) is 20.7.